The topological polar surface area (TPSA) is 38.3 Å². The van der Waals surface area contributed by atoms with Crippen molar-refractivity contribution >= 4 is 17.9 Å². The van der Waals surface area contributed by atoms with Gasteiger partial charge in [0.15, 0.2) is 0 Å². The van der Waals surface area contributed by atoms with Crippen LogP contribution < -0.4 is 5.32 Å². The lowest BCUT2D eigenvalue weighted by atomic mass is 10.4. The number of hydrogen-bond acceptors (Lipinski definition) is 3. The molecule has 3 nitrogen and oxygen atoms in total. The number of alkyl halides is 1. The molecule has 0 heterocycles. The van der Waals surface area contributed by atoms with Gasteiger partial charge in [-0.05, 0) is 0 Å². The summed E-state index contributed by atoms with van der Waals surface area (Å²) in [6.45, 7) is 0.371. The molecule has 1 unspecified atom stereocenters. The highest BCUT2D eigenvalue weighted by molar-refractivity contribution is 6.17. The Balaban J connectivity index is 3.29. The van der Waals surface area contributed by atoms with Crippen molar-refractivity contribution in [2.75, 3.05) is 19.7 Å². The Morgan fingerprint density at radius 2 is 2.56 bits per heavy atom. The van der Waals surface area contributed by atoms with Crippen LogP contribution in [0.25, 0.3) is 0 Å². The molecule has 1 N–H and O–H groups in total. The lowest BCUT2D eigenvalue weighted by Crippen LogP contribution is -2.33. The van der Waals surface area contributed by atoms with Crippen molar-refractivity contribution in [1.29, 1.82) is 0 Å². The van der Waals surface area contributed by atoms with Crippen LogP contribution in [0.2, 0.25) is 0 Å². The van der Waals surface area contributed by atoms with E-state index in [1.807, 2.05) is 0 Å². The van der Waals surface area contributed by atoms with Crippen molar-refractivity contribution in [3.05, 3.63) is 0 Å². The average molecular weight is 152 g/mol. The van der Waals surface area contributed by atoms with Crippen molar-refractivity contribution in [2.24, 2.45) is 0 Å². The molecule has 0 fully saturated rings. The van der Waals surface area contributed by atoms with E-state index in [9.17, 15) is 4.79 Å². The van der Waals surface area contributed by atoms with Crippen LogP contribution in [0.5, 0.6) is 0 Å². The highest BCUT2D eigenvalue weighted by Gasteiger charge is 2.02. The Labute approximate surface area is 59.3 Å². The van der Waals surface area contributed by atoms with Crippen LogP contribution in [0.1, 0.15) is 0 Å². The van der Waals surface area contributed by atoms with Crippen molar-refractivity contribution in [2.45, 2.75) is 6.04 Å². The summed E-state index contributed by atoms with van der Waals surface area (Å²) in [5, 5.41) is 2.71. The van der Waals surface area contributed by atoms with Gasteiger partial charge in [-0.3, -0.25) is 5.32 Å². The molecule has 54 valence electrons. The summed E-state index contributed by atoms with van der Waals surface area (Å²) in [5.74, 6) is 0. The third-order valence-electron chi connectivity index (χ3n) is 0.850. The van der Waals surface area contributed by atoms with E-state index in [0.29, 0.717) is 6.61 Å². The normalized spacial score (nSPS) is 13.1. The van der Waals surface area contributed by atoms with Gasteiger partial charge in [0.2, 0.25) is 0 Å². The first-order chi connectivity index (χ1) is 4.35. The molecule has 0 spiro atoms. The molecule has 0 aliphatic carbocycles. The Morgan fingerprint density at radius 3 is 2.89 bits per heavy atom. The summed E-state index contributed by atoms with van der Waals surface area (Å²) in [6.07, 6.45) is 0.770. The van der Waals surface area contributed by atoms with Crippen LogP contribution in [-0.4, -0.2) is 32.0 Å². The maximum Gasteiger partial charge on any atom is 0.139 e. The number of methoxy groups -OCH3 is 1. The third-order valence-corrected chi connectivity index (χ3v) is 1.00. The minimum atomic E-state index is -0.271. The number of ether oxygens (including phenoxy) is 1. The fourth-order valence-electron chi connectivity index (χ4n) is 0.425. The number of carbonyl (C=O) groups is 1. The monoisotopic (exact) mass is 151 g/mol. The van der Waals surface area contributed by atoms with E-state index in [1.54, 1.807) is 0 Å². The van der Waals surface area contributed by atoms with E-state index < -0.39 is 0 Å². The molecule has 0 radical (unpaired) electrons. The number of halogens is 1. The summed E-state index contributed by atoms with van der Waals surface area (Å²) < 4.78 is 4.70. The Kier molecular flexibility index (Phi) is 5.93. The highest BCUT2D eigenvalue weighted by Crippen LogP contribution is 1.79. The predicted octanol–water partition coefficient (Wildman–Crippen LogP) is -0.0138. The van der Waals surface area contributed by atoms with Crippen molar-refractivity contribution in [1.82, 2.24) is 5.32 Å². The van der Waals surface area contributed by atoms with Gasteiger partial charge in [-0.15, -0.1) is 11.6 Å². The van der Waals surface area contributed by atoms with E-state index in [0.717, 1.165) is 6.29 Å². The second-order valence-corrected chi connectivity index (χ2v) is 1.80. The number of rotatable bonds is 5. The van der Waals surface area contributed by atoms with Gasteiger partial charge in [0.1, 0.15) is 6.29 Å². The fourth-order valence-corrected chi connectivity index (χ4v) is 0.623. The van der Waals surface area contributed by atoms with Crippen LogP contribution in [-0.2, 0) is 9.53 Å². The zero-order valence-electron chi connectivity index (χ0n) is 5.26. The van der Waals surface area contributed by atoms with Crippen LogP contribution in [0, 0.1) is 0 Å². The van der Waals surface area contributed by atoms with Gasteiger partial charge in [0, 0.05) is 7.11 Å². The van der Waals surface area contributed by atoms with Crippen LogP contribution in [0.4, 0.5) is 0 Å². The molecule has 0 amide bonds. The second kappa shape index (κ2) is 6.01. The van der Waals surface area contributed by atoms with Gasteiger partial charge < -0.3 is 9.53 Å². The zero-order chi connectivity index (χ0) is 7.11. The van der Waals surface area contributed by atoms with E-state index in [2.05, 4.69) is 5.32 Å². The van der Waals surface area contributed by atoms with E-state index in [4.69, 9.17) is 16.3 Å². The molecular weight excluding hydrogens is 142 g/mol. The standard InChI is InChI=1S/C5H10ClNO2/c1-9-3-5(2-8)7-4-6/h2,5,7H,3-4H2,1H3. The van der Waals surface area contributed by atoms with Gasteiger partial charge in [0.05, 0.1) is 18.7 Å². The molecule has 0 aliphatic rings. The fraction of sp³-hybridized carbons (Fsp3) is 0.800. The Bertz CT molecular complexity index is 73.4. The van der Waals surface area contributed by atoms with Gasteiger partial charge >= 0.3 is 0 Å². The highest BCUT2D eigenvalue weighted by atomic mass is 35.5. The number of hydrogen-bond donors (Lipinski definition) is 1. The first kappa shape index (κ1) is 8.88. The summed E-state index contributed by atoms with van der Waals surface area (Å²) in [7, 11) is 1.53. The minimum absolute atomic E-state index is 0.271. The van der Waals surface area contributed by atoms with Crippen LogP contribution in [0.3, 0.4) is 0 Å². The largest absolute Gasteiger partial charge is 0.383 e. The minimum Gasteiger partial charge on any atom is -0.383 e. The van der Waals surface area contributed by atoms with Crippen LogP contribution in [0.15, 0.2) is 0 Å². The first-order valence-electron chi connectivity index (χ1n) is 2.58. The first-order valence-corrected chi connectivity index (χ1v) is 3.12. The third kappa shape index (κ3) is 4.39. The maximum absolute atomic E-state index is 10.1. The van der Waals surface area contributed by atoms with E-state index in [-0.39, 0.29) is 12.0 Å². The maximum atomic E-state index is 10.1. The molecule has 0 saturated heterocycles. The molecule has 0 saturated carbocycles. The molecule has 4 heteroatoms. The molecule has 0 aromatic rings. The van der Waals surface area contributed by atoms with Gasteiger partial charge in [-0.25, -0.2) is 0 Å². The summed E-state index contributed by atoms with van der Waals surface area (Å²) in [6, 6.07) is -0.000231. The van der Waals surface area contributed by atoms with Gasteiger partial charge in [-0.2, -0.15) is 0 Å². The molecule has 9 heavy (non-hydrogen) atoms. The molecular formula is C5H10ClNO2. The SMILES string of the molecule is COCC(C=O)NCCl. The molecule has 0 aromatic carbocycles. The molecule has 0 bridgehead atoms. The lowest BCUT2D eigenvalue weighted by Gasteiger charge is -2.06. The zero-order valence-corrected chi connectivity index (χ0v) is 6.02. The molecule has 1 atom stereocenters. The van der Waals surface area contributed by atoms with Crippen molar-refractivity contribution in [3.8, 4) is 0 Å². The van der Waals surface area contributed by atoms with Gasteiger partial charge in [-0.1, -0.05) is 0 Å². The second-order valence-electron chi connectivity index (χ2n) is 1.54. The van der Waals surface area contributed by atoms with Crippen molar-refractivity contribution in [3.63, 3.8) is 0 Å². The summed E-state index contributed by atoms with van der Waals surface area (Å²) >= 11 is 5.29. The number of carbonyl (C=O) groups excluding carboxylic acids is 1. The quantitative estimate of drug-likeness (QED) is 0.341. The Morgan fingerprint density at radius 1 is 1.89 bits per heavy atom. The van der Waals surface area contributed by atoms with Crippen LogP contribution >= 0.6 is 11.6 Å². The summed E-state index contributed by atoms with van der Waals surface area (Å²) in [5.41, 5.74) is 0. The predicted molar refractivity (Wildman–Crippen MR) is 35.6 cm³/mol. The van der Waals surface area contributed by atoms with Crippen molar-refractivity contribution < 1.29 is 9.53 Å². The average Bonchev–Trinajstić information content (AvgIpc) is 1.88. The van der Waals surface area contributed by atoms with E-state index in [1.165, 1.54) is 7.11 Å². The van der Waals surface area contributed by atoms with Gasteiger partial charge in [0.25, 0.3) is 0 Å². The summed E-state index contributed by atoms with van der Waals surface area (Å²) in [4.78, 5) is 10.1. The lowest BCUT2D eigenvalue weighted by molar-refractivity contribution is -0.110. The number of aldehydes is 1. The van der Waals surface area contributed by atoms with E-state index >= 15 is 0 Å². The molecule has 0 aliphatic heterocycles. The number of nitrogens with one attached hydrogen (secondary N) is 1. The Hall–Kier alpha value is -0.120. The molecule has 0 rings (SSSR count). The smallest absolute Gasteiger partial charge is 0.139 e. The molecule has 0 aromatic heterocycles.